The molecule has 96 valence electrons. The first kappa shape index (κ1) is 12.6. The van der Waals surface area contributed by atoms with Crippen LogP contribution < -0.4 is 11.1 Å². The molecule has 3 N–H and O–H groups in total. The molecule has 0 fully saturated rings. The molecule has 0 aliphatic heterocycles. The van der Waals surface area contributed by atoms with Gasteiger partial charge in [-0.05, 0) is 31.4 Å². The van der Waals surface area contributed by atoms with E-state index in [0.717, 1.165) is 23.7 Å². The van der Waals surface area contributed by atoms with Crippen molar-refractivity contribution in [2.45, 2.75) is 39.7 Å². The predicted molar refractivity (Wildman–Crippen MR) is 76.7 cm³/mol. The number of aromatic nitrogens is 2. The lowest BCUT2D eigenvalue weighted by molar-refractivity contribution is 0.754. The quantitative estimate of drug-likeness (QED) is 0.867. The molecule has 0 saturated heterocycles. The summed E-state index contributed by atoms with van der Waals surface area (Å²) in [6.45, 7) is 6.34. The lowest BCUT2D eigenvalue weighted by Crippen LogP contribution is -2.16. The van der Waals surface area contributed by atoms with Gasteiger partial charge in [0, 0.05) is 11.4 Å². The Balaban J connectivity index is 2.50. The second-order valence-electron chi connectivity index (χ2n) is 4.55. The Hall–Kier alpha value is -1.84. The second-order valence-corrected chi connectivity index (χ2v) is 4.55. The molecule has 1 heterocycles. The van der Waals surface area contributed by atoms with E-state index < -0.39 is 0 Å². The molecule has 0 saturated carbocycles. The Morgan fingerprint density at radius 1 is 1.28 bits per heavy atom. The first-order valence-corrected chi connectivity index (χ1v) is 6.47. The number of benzene rings is 1. The molecule has 1 atom stereocenters. The van der Waals surface area contributed by atoms with Gasteiger partial charge in [-0.1, -0.05) is 26.0 Å². The monoisotopic (exact) mass is 244 g/mol. The summed E-state index contributed by atoms with van der Waals surface area (Å²) in [6.07, 6.45) is 1.96. The van der Waals surface area contributed by atoms with E-state index in [4.69, 9.17) is 5.73 Å². The van der Waals surface area contributed by atoms with Crippen LogP contribution in [0.4, 0.5) is 11.8 Å². The lowest BCUT2D eigenvalue weighted by Gasteiger charge is -2.13. The first-order valence-electron chi connectivity index (χ1n) is 6.47. The Morgan fingerprint density at radius 3 is 2.72 bits per heavy atom. The molecule has 0 spiro atoms. The molecule has 2 aromatic rings. The third-order valence-electron chi connectivity index (χ3n) is 3.21. The topological polar surface area (TPSA) is 63.8 Å². The van der Waals surface area contributed by atoms with Crippen LogP contribution in [0.3, 0.4) is 0 Å². The van der Waals surface area contributed by atoms with Gasteiger partial charge >= 0.3 is 0 Å². The van der Waals surface area contributed by atoms with Crippen LogP contribution in [0.15, 0.2) is 18.2 Å². The summed E-state index contributed by atoms with van der Waals surface area (Å²) in [5.74, 6) is 1.17. The maximum absolute atomic E-state index is 6.06. The van der Waals surface area contributed by atoms with Gasteiger partial charge < -0.3 is 11.1 Å². The fraction of sp³-hybridized carbons (Fsp3) is 0.429. The van der Waals surface area contributed by atoms with Crippen molar-refractivity contribution in [1.82, 2.24) is 9.97 Å². The van der Waals surface area contributed by atoms with Crippen molar-refractivity contribution in [3.8, 4) is 0 Å². The molecule has 0 aliphatic rings. The fourth-order valence-electron chi connectivity index (χ4n) is 1.97. The average molecular weight is 244 g/mol. The molecule has 1 aromatic heterocycles. The zero-order chi connectivity index (χ0) is 13.1. The van der Waals surface area contributed by atoms with Crippen LogP contribution in [0, 0.1) is 0 Å². The van der Waals surface area contributed by atoms with Crippen molar-refractivity contribution in [1.29, 1.82) is 0 Å². The van der Waals surface area contributed by atoms with Crippen molar-refractivity contribution in [2.24, 2.45) is 0 Å². The molecule has 0 bridgehead atoms. The summed E-state index contributed by atoms with van der Waals surface area (Å²) in [5, 5.41) is 4.24. The second kappa shape index (κ2) is 5.21. The van der Waals surface area contributed by atoms with Crippen molar-refractivity contribution in [3.05, 3.63) is 23.8 Å². The molecule has 1 aromatic carbocycles. The van der Waals surface area contributed by atoms with Gasteiger partial charge in [0.25, 0.3) is 0 Å². The largest absolute Gasteiger partial charge is 0.383 e. The van der Waals surface area contributed by atoms with E-state index in [1.54, 1.807) is 0 Å². The molecule has 2 rings (SSSR count). The molecule has 4 nitrogen and oxygen atoms in total. The van der Waals surface area contributed by atoms with E-state index in [-0.39, 0.29) is 0 Å². The smallest absolute Gasteiger partial charge is 0.225 e. The molecule has 1 unspecified atom stereocenters. The number of nitrogen functional groups attached to an aromatic ring is 1. The molecular weight excluding hydrogens is 224 g/mol. The van der Waals surface area contributed by atoms with Gasteiger partial charge in [0.05, 0.1) is 5.52 Å². The summed E-state index contributed by atoms with van der Waals surface area (Å²) in [4.78, 5) is 8.88. The third kappa shape index (κ3) is 2.37. The number of anilines is 2. The maximum Gasteiger partial charge on any atom is 0.225 e. The third-order valence-corrected chi connectivity index (χ3v) is 3.21. The number of nitrogens with one attached hydrogen (secondary N) is 1. The van der Waals surface area contributed by atoms with Crippen LogP contribution in [0.25, 0.3) is 10.9 Å². The first-order chi connectivity index (χ1) is 8.65. The summed E-state index contributed by atoms with van der Waals surface area (Å²) >= 11 is 0. The van der Waals surface area contributed by atoms with Crippen molar-refractivity contribution >= 4 is 22.7 Å². The van der Waals surface area contributed by atoms with E-state index in [1.807, 2.05) is 12.1 Å². The fourth-order valence-corrected chi connectivity index (χ4v) is 1.97. The summed E-state index contributed by atoms with van der Waals surface area (Å²) in [7, 11) is 0. The Morgan fingerprint density at radius 2 is 2.06 bits per heavy atom. The molecule has 0 radical (unpaired) electrons. The van der Waals surface area contributed by atoms with Crippen LogP contribution in [-0.4, -0.2) is 16.0 Å². The van der Waals surface area contributed by atoms with Crippen molar-refractivity contribution in [3.63, 3.8) is 0 Å². The summed E-state index contributed by atoms with van der Waals surface area (Å²) in [5.41, 5.74) is 8.16. The molecule has 0 aliphatic carbocycles. The highest BCUT2D eigenvalue weighted by molar-refractivity contribution is 5.92. The molecule has 4 heteroatoms. The number of hydrogen-bond donors (Lipinski definition) is 2. The normalized spacial score (nSPS) is 12.6. The minimum atomic E-state index is 0.344. The number of rotatable bonds is 4. The number of aryl methyl sites for hydroxylation is 1. The van der Waals surface area contributed by atoms with Gasteiger partial charge in [-0.2, -0.15) is 4.98 Å². The number of fused-ring (bicyclic) bond motifs is 1. The minimum absolute atomic E-state index is 0.344. The molecule has 18 heavy (non-hydrogen) atoms. The van der Waals surface area contributed by atoms with E-state index in [0.29, 0.717) is 17.8 Å². The highest BCUT2D eigenvalue weighted by atomic mass is 15.1. The summed E-state index contributed by atoms with van der Waals surface area (Å²) < 4.78 is 0. The lowest BCUT2D eigenvalue weighted by atomic mass is 10.1. The van der Waals surface area contributed by atoms with Gasteiger partial charge in [0.2, 0.25) is 5.95 Å². The molecular formula is C14H20N4. The Kier molecular flexibility index (Phi) is 3.65. The Labute approximate surface area is 108 Å². The average Bonchev–Trinajstić information content (AvgIpc) is 2.37. The Bertz CT molecular complexity index is 551. The number of nitrogens with zero attached hydrogens (tertiary/aromatic N) is 2. The highest BCUT2D eigenvalue weighted by Gasteiger charge is 2.09. The van der Waals surface area contributed by atoms with Crippen molar-refractivity contribution in [2.75, 3.05) is 11.1 Å². The van der Waals surface area contributed by atoms with Gasteiger partial charge in [-0.15, -0.1) is 0 Å². The number of hydrogen-bond acceptors (Lipinski definition) is 4. The van der Waals surface area contributed by atoms with Gasteiger partial charge in [0.1, 0.15) is 5.82 Å². The minimum Gasteiger partial charge on any atom is -0.383 e. The van der Waals surface area contributed by atoms with Gasteiger partial charge in [-0.25, -0.2) is 4.98 Å². The highest BCUT2D eigenvalue weighted by Crippen LogP contribution is 2.24. The maximum atomic E-state index is 6.06. The molecule has 0 amide bonds. The van der Waals surface area contributed by atoms with Crippen LogP contribution in [-0.2, 0) is 6.42 Å². The van der Waals surface area contributed by atoms with E-state index in [2.05, 4.69) is 42.1 Å². The van der Waals surface area contributed by atoms with E-state index >= 15 is 0 Å². The van der Waals surface area contributed by atoms with Crippen LogP contribution in [0.5, 0.6) is 0 Å². The zero-order valence-electron chi connectivity index (χ0n) is 11.2. The SMILES string of the molecule is CCc1cccc2nc(NC(C)CC)nc(N)c12. The number of nitrogens with two attached hydrogens (primary N) is 1. The summed E-state index contributed by atoms with van der Waals surface area (Å²) in [6, 6.07) is 6.41. The van der Waals surface area contributed by atoms with Crippen LogP contribution in [0.1, 0.15) is 32.8 Å². The van der Waals surface area contributed by atoms with E-state index in [9.17, 15) is 0 Å². The van der Waals surface area contributed by atoms with Gasteiger partial charge in [-0.3, -0.25) is 0 Å². The van der Waals surface area contributed by atoms with Crippen LogP contribution >= 0.6 is 0 Å². The predicted octanol–water partition coefficient (Wildman–Crippen LogP) is 2.98. The van der Waals surface area contributed by atoms with Gasteiger partial charge in [0.15, 0.2) is 0 Å². The van der Waals surface area contributed by atoms with Crippen LogP contribution in [0.2, 0.25) is 0 Å². The standard InChI is InChI=1S/C14H20N4/c1-4-9(3)16-14-17-11-8-6-7-10(5-2)12(11)13(15)18-14/h6-9H,4-5H2,1-3H3,(H3,15,16,17,18). The zero-order valence-corrected chi connectivity index (χ0v) is 11.2. The van der Waals surface area contributed by atoms with Crippen molar-refractivity contribution < 1.29 is 0 Å². The van der Waals surface area contributed by atoms with E-state index in [1.165, 1.54) is 5.56 Å².